The Morgan fingerprint density at radius 2 is 1.85 bits per heavy atom. The molecule has 4 nitrogen and oxygen atoms in total. The minimum Gasteiger partial charge on any atom is -0.342 e. The van der Waals surface area contributed by atoms with Crippen molar-refractivity contribution in [2.24, 2.45) is 5.92 Å². The summed E-state index contributed by atoms with van der Waals surface area (Å²) in [6, 6.07) is 15.2. The number of hydrogen-bond donors (Lipinski definition) is 1. The number of carbonyl (C=O) groups is 2. The summed E-state index contributed by atoms with van der Waals surface area (Å²) < 4.78 is 0. The molecule has 1 aliphatic rings. The van der Waals surface area contributed by atoms with E-state index in [-0.39, 0.29) is 17.7 Å². The molecule has 2 aromatic rings. The smallest absolute Gasteiger partial charge is 0.227 e. The van der Waals surface area contributed by atoms with Crippen molar-refractivity contribution < 1.29 is 9.59 Å². The predicted octanol–water partition coefficient (Wildman–Crippen LogP) is 4.07. The SMILES string of the molecule is Cc1cccc(CC(=O)N2CCC(C(=O)Nc3cccc(Cl)c3)CC2)c1. The van der Waals surface area contributed by atoms with Gasteiger partial charge in [0.25, 0.3) is 0 Å². The second kappa shape index (κ2) is 8.37. The molecule has 136 valence electrons. The molecule has 0 saturated carbocycles. The fourth-order valence-corrected chi connectivity index (χ4v) is 3.50. The predicted molar refractivity (Wildman–Crippen MR) is 104 cm³/mol. The highest BCUT2D eigenvalue weighted by Crippen LogP contribution is 2.21. The molecule has 1 heterocycles. The Morgan fingerprint density at radius 1 is 1.12 bits per heavy atom. The Balaban J connectivity index is 1.50. The van der Waals surface area contributed by atoms with Gasteiger partial charge in [0.15, 0.2) is 0 Å². The number of halogens is 1. The molecule has 2 amide bonds. The van der Waals surface area contributed by atoms with Crippen LogP contribution in [-0.2, 0) is 16.0 Å². The lowest BCUT2D eigenvalue weighted by Crippen LogP contribution is -2.42. The standard InChI is InChI=1S/C21H23ClN2O2/c1-15-4-2-5-16(12-15)13-20(25)24-10-8-17(9-11-24)21(26)23-19-7-3-6-18(22)14-19/h2-7,12,14,17H,8-11,13H2,1H3,(H,23,26). The normalized spacial score (nSPS) is 14.9. The third-order valence-corrected chi connectivity index (χ3v) is 4.98. The van der Waals surface area contributed by atoms with E-state index in [0.29, 0.717) is 43.1 Å². The number of carbonyl (C=O) groups excluding carboxylic acids is 2. The van der Waals surface area contributed by atoms with E-state index in [1.54, 1.807) is 12.1 Å². The fraction of sp³-hybridized carbons (Fsp3) is 0.333. The van der Waals surface area contributed by atoms with Gasteiger partial charge in [0.2, 0.25) is 11.8 Å². The fourth-order valence-electron chi connectivity index (χ4n) is 3.31. The van der Waals surface area contributed by atoms with Crippen LogP contribution in [0.5, 0.6) is 0 Å². The van der Waals surface area contributed by atoms with Gasteiger partial charge in [0.1, 0.15) is 0 Å². The molecule has 26 heavy (non-hydrogen) atoms. The minimum absolute atomic E-state index is 0.00181. The first-order chi connectivity index (χ1) is 12.5. The summed E-state index contributed by atoms with van der Waals surface area (Å²) in [5.41, 5.74) is 2.91. The summed E-state index contributed by atoms with van der Waals surface area (Å²) in [5, 5.41) is 3.51. The quantitative estimate of drug-likeness (QED) is 0.882. The molecule has 1 saturated heterocycles. The Labute approximate surface area is 159 Å². The number of nitrogens with zero attached hydrogens (tertiary/aromatic N) is 1. The van der Waals surface area contributed by atoms with Crippen LogP contribution in [0.15, 0.2) is 48.5 Å². The van der Waals surface area contributed by atoms with Gasteiger partial charge < -0.3 is 10.2 Å². The van der Waals surface area contributed by atoms with E-state index < -0.39 is 0 Å². The van der Waals surface area contributed by atoms with Gasteiger partial charge in [-0.3, -0.25) is 9.59 Å². The summed E-state index contributed by atoms with van der Waals surface area (Å²) in [4.78, 5) is 26.8. The number of likely N-dealkylation sites (tertiary alicyclic amines) is 1. The van der Waals surface area contributed by atoms with Crippen molar-refractivity contribution in [2.45, 2.75) is 26.2 Å². The molecule has 0 unspecified atom stereocenters. The summed E-state index contributed by atoms with van der Waals surface area (Å²) in [6.07, 6.45) is 1.79. The van der Waals surface area contributed by atoms with Gasteiger partial charge in [-0.2, -0.15) is 0 Å². The number of hydrogen-bond acceptors (Lipinski definition) is 2. The first-order valence-electron chi connectivity index (χ1n) is 8.91. The van der Waals surface area contributed by atoms with Crippen molar-refractivity contribution in [3.8, 4) is 0 Å². The lowest BCUT2D eigenvalue weighted by molar-refractivity contribution is -0.133. The summed E-state index contributed by atoms with van der Waals surface area (Å²) >= 11 is 5.95. The Kier molecular flexibility index (Phi) is 5.94. The van der Waals surface area contributed by atoms with Crippen LogP contribution in [-0.4, -0.2) is 29.8 Å². The van der Waals surface area contributed by atoms with Crippen LogP contribution in [0, 0.1) is 12.8 Å². The minimum atomic E-state index is -0.0722. The van der Waals surface area contributed by atoms with Crippen LogP contribution in [0.25, 0.3) is 0 Å². The molecule has 2 aromatic carbocycles. The van der Waals surface area contributed by atoms with Gasteiger partial charge in [-0.1, -0.05) is 47.5 Å². The zero-order chi connectivity index (χ0) is 18.5. The number of aryl methyl sites for hydroxylation is 1. The van der Waals surface area contributed by atoms with E-state index in [2.05, 4.69) is 5.32 Å². The van der Waals surface area contributed by atoms with Crippen molar-refractivity contribution in [1.82, 2.24) is 4.90 Å². The van der Waals surface area contributed by atoms with Crippen LogP contribution in [0.4, 0.5) is 5.69 Å². The van der Waals surface area contributed by atoms with Gasteiger partial charge in [-0.25, -0.2) is 0 Å². The van der Waals surface area contributed by atoms with Crippen LogP contribution in [0.2, 0.25) is 5.02 Å². The first-order valence-corrected chi connectivity index (χ1v) is 9.29. The maximum absolute atomic E-state index is 12.5. The van der Waals surface area contributed by atoms with Crippen LogP contribution in [0.3, 0.4) is 0 Å². The average molecular weight is 371 g/mol. The molecule has 0 spiro atoms. The average Bonchev–Trinajstić information content (AvgIpc) is 2.62. The summed E-state index contributed by atoms with van der Waals surface area (Å²) in [5.74, 6) is 0.0550. The number of nitrogens with one attached hydrogen (secondary N) is 1. The lowest BCUT2D eigenvalue weighted by atomic mass is 9.95. The molecule has 0 atom stereocenters. The topological polar surface area (TPSA) is 49.4 Å². The van der Waals surface area contributed by atoms with Crippen molar-refractivity contribution in [3.63, 3.8) is 0 Å². The molecular weight excluding hydrogens is 348 g/mol. The molecule has 0 radical (unpaired) electrons. The van der Waals surface area contributed by atoms with E-state index in [1.807, 2.05) is 48.2 Å². The molecule has 1 N–H and O–H groups in total. The van der Waals surface area contributed by atoms with Gasteiger partial charge in [-0.15, -0.1) is 0 Å². The zero-order valence-electron chi connectivity index (χ0n) is 14.9. The number of piperidine rings is 1. The van der Waals surface area contributed by atoms with Crippen molar-refractivity contribution in [1.29, 1.82) is 0 Å². The highest BCUT2D eigenvalue weighted by Gasteiger charge is 2.27. The van der Waals surface area contributed by atoms with E-state index in [9.17, 15) is 9.59 Å². The van der Waals surface area contributed by atoms with Crippen LogP contribution in [0.1, 0.15) is 24.0 Å². The molecule has 1 fully saturated rings. The summed E-state index contributed by atoms with van der Waals surface area (Å²) in [7, 11) is 0. The zero-order valence-corrected chi connectivity index (χ0v) is 15.6. The molecule has 0 bridgehead atoms. The lowest BCUT2D eigenvalue weighted by Gasteiger charge is -2.31. The first kappa shape index (κ1) is 18.5. The van der Waals surface area contributed by atoms with E-state index in [0.717, 1.165) is 11.1 Å². The molecule has 3 rings (SSSR count). The van der Waals surface area contributed by atoms with Gasteiger partial charge >= 0.3 is 0 Å². The Hall–Kier alpha value is -2.33. The highest BCUT2D eigenvalue weighted by molar-refractivity contribution is 6.30. The largest absolute Gasteiger partial charge is 0.342 e. The Morgan fingerprint density at radius 3 is 2.54 bits per heavy atom. The molecule has 0 aromatic heterocycles. The third-order valence-electron chi connectivity index (χ3n) is 4.75. The van der Waals surface area contributed by atoms with Crippen LogP contribution < -0.4 is 5.32 Å². The van der Waals surface area contributed by atoms with Crippen LogP contribution >= 0.6 is 11.6 Å². The monoisotopic (exact) mass is 370 g/mol. The second-order valence-corrected chi connectivity index (χ2v) is 7.26. The van der Waals surface area contributed by atoms with Gasteiger partial charge in [0.05, 0.1) is 6.42 Å². The second-order valence-electron chi connectivity index (χ2n) is 6.82. The molecule has 1 aliphatic heterocycles. The number of amides is 2. The van der Waals surface area contributed by atoms with Crippen molar-refractivity contribution in [2.75, 3.05) is 18.4 Å². The Bertz CT molecular complexity index is 731. The van der Waals surface area contributed by atoms with E-state index in [4.69, 9.17) is 11.6 Å². The molecular formula is C21H23ClN2O2. The number of benzene rings is 2. The van der Waals surface area contributed by atoms with Gasteiger partial charge in [-0.05, 0) is 43.5 Å². The maximum atomic E-state index is 12.5. The maximum Gasteiger partial charge on any atom is 0.227 e. The van der Waals surface area contributed by atoms with E-state index >= 15 is 0 Å². The molecule has 5 heteroatoms. The highest BCUT2D eigenvalue weighted by atomic mass is 35.5. The molecule has 0 aliphatic carbocycles. The third kappa shape index (κ3) is 4.85. The van der Waals surface area contributed by atoms with Crippen molar-refractivity contribution >= 4 is 29.1 Å². The van der Waals surface area contributed by atoms with E-state index in [1.165, 1.54) is 0 Å². The van der Waals surface area contributed by atoms with Gasteiger partial charge in [0, 0.05) is 29.7 Å². The number of anilines is 1. The summed E-state index contributed by atoms with van der Waals surface area (Å²) in [6.45, 7) is 3.27. The number of rotatable bonds is 4. The van der Waals surface area contributed by atoms with Crippen molar-refractivity contribution in [3.05, 3.63) is 64.7 Å².